The molecule has 1 saturated heterocycles. The Morgan fingerprint density at radius 2 is 1.82 bits per heavy atom. The van der Waals surface area contributed by atoms with Crippen LogP contribution in [0, 0.1) is 0 Å². The van der Waals surface area contributed by atoms with Crippen LogP contribution in [-0.4, -0.2) is 89.3 Å². The van der Waals surface area contributed by atoms with Crippen molar-refractivity contribution in [2.75, 3.05) is 22.8 Å². The fraction of sp³-hybridized carbons (Fsp3) is 0.278. The molecule has 55 heavy (non-hydrogen) atoms. The summed E-state index contributed by atoms with van der Waals surface area (Å²) in [6.07, 6.45) is 1.58. The largest absolute Gasteiger partial charge is 0.448 e. The zero-order valence-corrected chi connectivity index (χ0v) is 33.1. The summed E-state index contributed by atoms with van der Waals surface area (Å²) < 4.78 is 11.5. The minimum atomic E-state index is -1.02. The van der Waals surface area contributed by atoms with Gasteiger partial charge >= 0.3 is 12.1 Å². The second-order valence-corrected chi connectivity index (χ2v) is 17.0. The number of nitrogens with one attached hydrogen (secondary N) is 3. The van der Waals surface area contributed by atoms with Crippen LogP contribution >= 0.6 is 46.6 Å². The van der Waals surface area contributed by atoms with Crippen molar-refractivity contribution < 1.29 is 33.5 Å². The van der Waals surface area contributed by atoms with Crippen LogP contribution in [0.3, 0.4) is 0 Å². The first-order valence-electron chi connectivity index (χ1n) is 16.7. The molecular weight excluding hydrogens is 785 g/mol. The maximum Gasteiger partial charge on any atom is 0.413 e. The Morgan fingerprint density at radius 3 is 2.45 bits per heavy atom. The van der Waals surface area contributed by atoms with Gasteiger partial charge in [-0.2, -0.15) is 10.3 Å². The number of thioether (sulfide) groups is 3. The van der Waals surface area contributed by atoms with Crippen molar-refractivity contribution in [1.82, 2.24) is 30.6 Å². The van der Waals surface area contributed by atoms with Crippen molar-refractivity contribution in [3.63, 3.8) is 0 Å². The molecule has 1 fully saturated rings. The first-order chi connectivity index (χ1) is 26.5. The third kappa shape index (κ3) is 9.96. The number of fused-ring (bicyclic) bond motifs is 1. The molecule has 4 aromatic rings. The smallest absolute Gasteiger partial charge is 0.413 e. The number of anilines is 1. The summed E-state index contributed by atoms with van der Waals surface area (Å²) in [4.78, 5) is 66.0. The van der Waals surface area contributed by atoms with Crippen molar-refractivity contribution >= 4 is 81.3 Å². The Hall–Kier alpha value is -5.11. The first kappa shape index (κ1) is 39.6. The van der Waals surface area contributed by atoms with Gasteiger partial charge in [0.2, 0.25) is 0 Å². The molecular formula is C36H36N8O7S4. The van der Waals surface area contributed by atoms with Crippen molar-refractivity contribution in [3.8, 4) is 0 Å². The predicted molar refractivity (Wildman–Crippen MR) is 212 cm³/mol. The minimum Gasteiger partial charge on any atom is -0.448 e. The van der Waals surface area contributed by atoms with E-state index in [1.54, 1.807) is 27.0 Å². The number of benzene rings is 2. The molecule has 3 N–H and O–H groups in total. The second-order valence-electron chi connectivity index (χ2n) is 12.6. The van der Waals surface area contributed by atoms with E-state index in [9.17, 15) is 19.2 Å². The number of aromatic nitrogens is 4. The summed E-state index contributed by atoms with van der Waals surface area (Å²) in [5.74, 6) is -1.57. The second kappa shape index (κ2) is 18.0. The number of nitrogens with zero attached hydrogens (tertiary/aromatic N) is 5. The van der Waals surface area contributed by atoms with E-state index in [1.165, 1.54) is 51.6 Å². The summed E-state index contributed by atoms with van der Waals surface area (Å²) in [6.45, 7) is 8.79. The fourth-order valence-corrected chi connectivity index (χ4v) is 9.51. The Labute approximate surface area is 333 Å². The highest BCUT2D eigenvalue weighted by Gasteiger charge is 2.55. The SMILES string of the molecule is C=CCO/N=C(/C(=O)N[C@@H]1C(=O)N2C(C(=O)OC(c3ccccc3)c3ccccc3)=C(SCSc3cn[nH]n3)CS[C@H]12)c1csc(NC(=O)OC(C)(C)C)n1. The molecule has 2 aliphatic rings. The highest BCUT2D eigenvalue weighted by Crippen LogP contribution is 2.45. The monoisotopic (exact) mass is 820 g/mol. The summed E-state index contributed by atoms with van der Waals surface area (Å²) in [5, 5.41) is 22.0. The number of esters is 1. The zero-order chi connectivity index (χ0) is 39.0. The molecule has 0 saturated carbocycles. The summed E-state index contributed by atoms with van der Waals surface area (Å²) in [5.41, 5.74) is 0.769. The molecule has 19 heteroatoms. The highest BCUT2D eigenvalue weighted by atomic mass is 32.2. The van der Waals surface area contributed by atoms with Crippen LogP contribution in [0.25, 0.3) is 0 Å². The molecule has 15 nitrogen and oxygen atoms in total. The number of hydrogen-bond acceptors (Lipinski definition) is 15. The molecule has 0 aliphatic carbocycles. The zero-order valence-electron chi connectivity index (χ0n) is 29.8. The van der Waals surface area contributed by atoms with Crippen LogP contribution in [0.1, 0.15) is 43.7 Å². The number of carbonyl (C=O) groups is 4. The van der Waals surface area contributed by atoms with Crippen LogP contribution in [0.2, 0.25) is 0 Å². The van der Waals surface area contributed by atoms with E-state index < -0.39 is 47.0 Å². The number of rotatable bonds is 15. The average molecular weight is 821 g/mol. The van der Waals surface area contributed by atoms with E-state index in [1.807, 2.05) is 60.7 Å². The molecule has 2 aromatic heterocycles. The van der Waals surface area contributed by atoms with Crippen LogP contribution < -0.4 is 10.6 Å². The predicted octanol–water partition coefficient (Wildman–Crippen LogP) is 5.94. The van der Waals surface area contributed by atoms with Gasteiger partial charge < -0.3 is 19.6 Å². The lowest BCUT2D eigenvalue weighted by molar-refractivity contribution is -0.154. The first-order valence-corrected chi connectivity index (χ1v) is 20.6. The van der Waals surface area contributed by atoms with Gasteiger partial charge in [-0.3, -0.25) is 19.8 Å². The molecule has 3 amide bonds. The third-order valence-electron chi connectivity index (χ3n) is 7.59. The van der Waals surface area contributed by atoms with Gasteiger partial charge in [0.1, 0.15) is 40.0 Å². The van der Waals surface area contributed by atoms with E-state index in [4.69, 9.17) is 14.3 Å². The minimum absolute atomic E-state index is 0.00282. The average Bonchev–Trinajstić information content (AvgIpc) is 3.86. The van der Waals surface area contributed by atoms with Gasteiger partial charge in [-0.1, -0.05) is 90.2 Å². The number of thiazole rings is 1. The Morgan fingerprint density at radius 1 is 1.11 bits per heavy atom. The normalized spacial score (nSPS) is 16.9. The van der Waals surface area contributed by atoms with Gasteiger partial charge in [0.15, 0.2) is 16.9 Å². The molecule has 2 atom stereocenters. The molecule has 286 valence electrons. The maximum absolute atomic E-state index is 14.3. The van der Waals surface area contributed by atoms with Crippen LogP contribution in [0.15, 0.2) is 106 Å². The number of carbonyl (C=O) groups excluding carboxylic acids is 4. The van der Waals surface area contributed by atoms with Gasteiger partial charge in [-0.15, -0.1) is 40.0 Å². The highest BCUT2D eigenvalue weighted by molar-refractivity contribution is 8.18. The summed E-state index contributed by atoms with van der Waals surface area (Å²) >= 11 is 5.27. The van der Waals surface area contributed by atoms with Gasteiger partial charge in [0.05, 0.1) is 11.3 Å². The Bertz CT molecular complexity index is 2030. The molecule has 4 heterocycles. The lowest BCUT2D eigenvalue weighted by atomic mass is 10.0. The molecule has 0 radical (unpaired) electrons. The number of amides is 3. The number of β-lactam (4-membered cyclic amide) rings is 1. The molecule has 0 spiro atoms. The standard InChI is InChI=1S/C36H36N8O7S4/c1-5-16-49-42-26(23-18-53-34(38-23)40-35(48)51-36(2,3)4)30(45)39-27-31(46)44-28(24(19-52-32(27)44)54-20-55-25-17-37-43-41-25)33(47)50-29(21-12-8-6-9-13-21)22-14-10-7-11-15-22/h5-15,17-18,27,29,32H,1,16,19-20H2,2-4H3,(H,39,45)(H,37,41,43)(H,38,40,48)/b42-26+/t27-,32-/m1/s1. The van der Waals surface area contributed by atoms with Crippen LogP contribution in [0.4, 0.5) is 9.93 Å². The summed E-state index contributed by atoms with van der Waals surface area (Å²) in [7, 11) is 0. The number of hydrogen-bond donors (Lipinski definition) is 3. The van der Waals surface area contributed by atoms with Crippen molar-refractivity contribution in [1.29, 1.82) is 0 Å². The molecule has 6 rings (SSSR count). The van der Waals surface area contributed by atoms with E-state index in [-0.39, 0.29) is 28.8 Å². The molecule has 0 bridgehead atoms. The fourth-order valence-electron chi connectivity index (χ4n) is 5.26. The van der Waals surface area contributed by atoms with Gasteiger partial charge in [0.25, 0.3) is 11.8 Å². The van der Waals surface area contributed by atoms with Gasteiger partial charge in [0, 0.05) is 16.0 Å². The summed E-state index contributed by atoms with van der Waals surface area (Å²) in [6, 6.07) is 17.7. The number of oxime groups is 1. The molecule has 2 aliphatic heterocycles. The number of ether oxygens (including phenoxy) is 2. The van der Waals surface area contributed by atoms with E-state index >= 15 is 0 Å². The van der Waals surface area contributed by atoms with E-state index in [2.05, 4.69) is 42.8 Å². The van der Waals surface area contributed by atoms with E-state index in [0.717, 1.165) is 22.5 Å². The quantitative estimate of drug-likeness (QED) is 0.0187. The van der Waals surface area contributed by atoms with Gasteiger partial charge in [-0.25, -0.2) is 14.6 Å². The Kier molecular flexibility index (Phi) is 13.0. The van der Waals surface area contributed by atoms with Gasteiger partial charge in [-0.05, 0) is 31.9 Å². The lowest BCUT2D eigenvalue weighted by Gasteiger charge is -2.49. The third-order valence-corrected chi connectivity index (χ3v) is 11.9. The maximum atomic E-state index is 14.3. The van der Waals surface area contributed by atoms with Crippen molar-refractivity contribution in [2.24, 2.45) is 5.16 Å². The Balaban J connectivity index is 1.23. The van der Waals surface area contributed by atoms with Crippen LogP contribution in [-0.2, 0) is 28.7 Å². The van der Waals surface area contributed by atoms with E-state index in [0.29, 0.717) is 20.8 Å². The number of aromatic amines is 1. The lowest BCUT2D eigenvalue weighted by Crippen LogP contribution is -2.71. The van der Waals surface area contributed by atoms with Crippen molar-refractivity contribution in [2.45, 2.75) is 48.9 Å². The number of H-pyrrole nitrogens is 1. The molecule has 0 unspecified atom stereocenters. The van der Waals surface area contributed by atoms with Crippen molar-refractivity contribution in [3.05, 3.63) is 112 Å². The van der Waals surface area contributed by atoms with Crippen LogP contribution in [0.5, 0.6) is 0 Å². The molecule has 2 aromatic carbocycles. The topological polar surface area (TPSA) is 190 Å².